The Morgan fingerprint density at radius 2 is 1.82 bits per heavy atom. The topological polar surface area (TPSA) is 86.8 Å². The lowest BCUT2D eigenvalue weighted by molar-refractivity contribution is -0.274. The van der Waals surface area contributed by atoms with E-state index in [9.17, 15) is 22.8 Å². The molecule has 0 aliphatic rings. The summed E-state index contributed by atoms with van der Waals surface area (Å²) in [6, 6.07) is 6.44. The molecule has 33 heavy (non-hydrogen) atoms. The number of hydrogen-bond acceptors (Lipinski definition) is 6. The molecule has 1 amide bonds. The maximum absolute atomic E-state index is 12.6. The Morgan fingerprint density at radius 1 is 1.12 bits per heavy atom. The van der Waals surface area contributed by atoms with Crippen molar-refractivity contribution in [1.29, 1.82) is 0 Å². The number of ether oxygens (including phenoxy) is 3. The molecule has 0 aliphatic heterocycles. The van der Waals surface area contributed by atoms with E-state index in [1.54, 1.807) is 33.8 Å². The van der Waals surface area contributed by atoms with Crippen molar-refractivity contribution in [2.75, 3.05) is 0 Å². The van der Waals surface area contributed by atoms with E-state index in [0.717, 1.165) is 6.07 Å². The smallest absolute Gasteiger partial charge is 0.444 e. The molecule has 0 bridgehead atoms. The van der Waals surface area contributed by atoms with Gasteiger partial charge in [-0.05, 0) is 51.3 Å². The summed E-state index contributed by atoms with van der Waals surface area (Å²) in [6.07, 6.45) is -3.64. The van der Waals surface area contributed by atoms with Crippen molar-refractivity contribution >= 4 is 11.9 Å². The Labute approximate surface area is 190 Å². The van der Waals surface area contributed by atoms with Crippen molar-refractivity contribution in [3.63, 3.8) is 0 Å². The number of alkyl halides is 3. The molecule has 1 aromatic heterocycles. The second-order valence-corrected chi connectivity index (χ2v) is 8.33. The summed E-state index contributed by atoms with van der Waals surface area (Å²) in [5, 5.41) is 2.57. The van der Waals surface area contributed by atoms with Crippen molar-refractivity contribution in [3.05, 3.63) is 47.7 Å². The van der Waals surface area contributed by atoms with Gasteiger partial charge in [-0.3, -0.25) is 4.79 Å². The molecule has 0 saturated carbocycles. The lowest BCUT2D eigenvalue weighted by atomic mass is 10.0. The molecule has 2 aromatic rings. The first-order valence-electron chi connectivity index (χ1n) is 10.3. The number of aryl methyl sites for hydroxylation is 1. The van der Waals surface area contributed by atoms with E-state index < -0.39 is 24.1 Å². The molecule has 0 fully saturated rings. The maximum Gasteiger partial charge on any atom is 0.573 e. The van der Waals surface area contributed by atoms with Crippen molar-refractivity contribution in [1.82, 2.24) is 10.3 Å². The van der Waals surface area contributed by atoms with Crippen LogP contribution in [0.3, 0.4) is 0 Å². The Morgan fingerprint density at radius 3 is 2.36 bits per heavy atom. The molecule has 0 spiro atoms. The first kappa shape index (κ1) is 26.0. The van der Waals surface area contributed by atoms with E-state index in [4.69, 9.17) is 9.47 Å². The van der Waals surface area contributed by atoms with Gasteiger partial charge in [0, 0.05) is 24.8 Å². The Kier molecular flexibility index (Phi) is 8.29. The molecule has 1 atom stereocenters. The summed E-state index contributed by atoms with van der Waals surface area (Å²) in [5.41, 5.74) is 0.205. The highest BCUT2D eigenvalue weighted by Crippen LogP contribution is 2.31. The van der Waals surface area contributed by atoms with Crippen molar-refractivity contribution < 1.29 is 37.0 Å². The molecular weight excluding hydrogens is 441 g/mol. The van der Waals surface area contributed by atoms with Gasteiger partial charge in [-0.15, -0.1) is 13.2 Å². The number of nitrogens with one attached hydrogen (secondary N) is 1. The van der Waals surface area contributed by atoms with Gasteiger partial charge >= 0.3 is 12.5 Å². The van der Waals surface area contributed by atoms with Crippen LogP contribution in [0.25, 0.3) is 0 Å². The first-order chi connectivity index (χ1) is 15.3. The number of carbonyl (C=O) groups excluding carboxylic acids is 2. The quantitative estimate of drug-likeness (QED) is 0.551. The fourth-order valence-electron chi connectivity index (χ4n) is 2.76. The fraction of sp³-hybridized carbons (Fsp3) is 0.435. The molecule has 1 aromatic carbocycles. The van der Waals surface area contributed by atoms with Gasteiger partial charge in [-0.1, -0.05) is 19.1 Å². The lowest BCUT2D eigenvalue weighted by Gasteiger charge is -2.22. The number of carbonyl (C=O) groups is 2. The summed E-state index contributed by atoms with van der Waals surface area (Å²) >= 11 is 0. The third kappa shape index (κ3) is 8.99. The van der Waals surface area contributed by atoms with E-state index in [-0.39, 0.29) is 29.6 Å². The molecule has 180 valence electrons. The third-order valence-corrected chi connectivity index (χ3v) is 4.27. The van der Waals surface area contributed by atoms with Crippen molar-refractivity contribution in [3.8, 4) is 17.4 Å². The largest absolute Gasteiger partial charge is 0.573 e. The number of pyridine rings is 1. The van der Waals surface area contributed by atoms with Crippen LogP contribution >= 0.6 is 0 Å². The molecule has 10 heteroatoms. The maximum atomic E-state index is 12.6. The standard InChI is InChI=1S/C23H27F3N2O5/c1-6-17(28-21(30)33-22(3,4)5)18(29)11-15-8-10-20(27-13-15)31-16-9-7-14(2)19(12-16)32-23(24,25)26/h7-10,12-13,17H,6,11H2,1-5H3,(H,28,30)/t17-/m1/s1. The number of aromatic nitrogens is 1. The summed E-state index contributed by atoms with van der Waals surface area (Å²) in [6.45, 7) is 8.44. The van der Waals surface area contributed by atoms with Crippen LogP contribution in [0.2, 0.25) is 0 Å². The Bertz CT molecular complexity index is 970. The fourth-order valence-corrected chi connectivity index (χ4v) is 2.76. The number of halogens is 3. The normalized spacial score (nSPS) is 12.6. The van der Waals surface area contributed by atoms with Crippen LogP contribution in [0.15, 0.2) is 36.5 Å². The highest BCUT2D eigenvalue weighted by atomic mass is 19.4. The highest BCUT2D eigenvalue weighted by Gasteiger charge is 2.32. The van der Waals surface area contributed by atoms with Crippen LogP contribution in [0, 0.1) is 6.92 Å². The summed E-state index contributed by atoms with van der Waals surface area (Å²) in [7, 11) is 0. The number of hydrogen-bond donors (Lipinski definition) is 1. The predicted molar refractivity (Wildman–Crippen MR) is 114 cm³/mol. The highest BCUT2D eigenvalue weighted by molar-refractivity contribution is 5.89. The summed E-state index contributed by atoms with van der Waals surface area (Å²) in [4.78, 5) is 28.6. The van der Waals surface area contributed by atoms with Crippen molar-refractivity contribution in [2.45, 2.75) is 65.5 Å². The molecule has 0 saturated heterocycles. The molecule has 1 N–H and O–H groups in total. The van der Waals surface area contributed by atoms with Crippen LogP contribution in [-0.2, 0) is 16.0 Å². The monoisotopic (exact) mass is 468 g/mol. The molecular formula is C23H27F3N2O5. The van der Waals surface area contributed by atoms with Crippen molar-refractivity contribution in [2.24, 2.45) is 0 Å². The van der Waals surface area contributed by atoms with Gasteiger partial charge in [0.25, 0.3) is 0 Å². The zero-order chi connectivity index (χ0) is 24.8. The summed E-state index contributed by atoms with van der Waals surface area (Å²) < 4.78 is 52.2. The van der Waals surface area contributed by atoms with Gasteiger partial charge in [0.05, 0.1) is 6.04 Å². The second-order valence-electron chi connectivity index (χ2n) is 8.33. The van der Waals surface area contributed by atoms with Gasteiger partial charge in [0.1, 0.15) is 17.1 Å². The van der Waals surface area contributed by atoms with Gasteiger partial charge in [0.2, 0.25) is 5.88 Å². The van der Waals surface area contributed by atoms with E-state index in [2.05, 4.69) is 15.0 Å². The van der Waals surface area contributed by atoms with Crippen LogP contribution < -0.4 is 14.8 Å². The molecule has 2 rings (SSSR count). The number of alkyl carbamates (subject to hydrolysis) is 1. The van der Waals surface area contributed by atoms with Crippen LogP contribution in [0.5, 0.6) is 17.4 Å². The third-order valence-electron chi connectivity index (χ3n) is 4.27. The van der Waals surface area contributed by atoms with E-state index in [1.165, 1.54) is 31.3 Å². The molecule has 1 heterocycles. The minimum atomic E-state index is -4.81. The molecule has 0 radical (unpaired) electrons. The van der Waals surface area contributed by atoms with Gasteiger partial charge in [0.15, 0.2) is 5.78 Å². The average Bonchev–Trinajstić information content (AvgIpc) is 2.67. The molecule has 0 unspecified atom stereocenters. The number of nitrogens with zero attached hydrogens (tertiary/aromatic N) is 1. The zero-order valence-corrected chi connectivity index (χ0v) is 19.1. The second kappa shape index (κ2) is 10.5. The van der Waals surface area contributed by atoms with E-state index >= 15 is 0 Å². The predicted octanol–water partition coefficient (Wildman–Crippen LogP) is 5.50. The minimum absolute atomic E-state index is 0.0235. The van der Waals surface area contributed by atoms with E-state index in [0.29, 0.717) is 17.5 Å². The Hall–Kier alpha value is -3.30. The minimum Gasteiger partial charge on any atom is -0.444 e. The van der Waals surface area contributed by atoms with Gasteiger partial charge in [-0.25, -0.2) is 9.78 Å². The Balaban J connectivity index is 2.00. The SMILES string of the molecule is CC[C@@H](NC(=O)OC(C)(C)C)C(=O)Cc1ccc(Oc2ccc(C)c(OC(F)(F)F)c2)nc1. The van der Waals surface area contributed by atoms with Crippen LogP contribution in [0.1, 0.15) is 45.2 Å². The number of benzene rings is 1. The van der Waals surface area contributed by atoms with Crippen LogP contribution in [-0.4, -0.2) is 34.9 Å². The summed E-state index contributed by atoms with van der Waals surface area (Å²) in [5.74, 6) is -0.340. The van der Waals surface area contributed by atoms with E-state index in [1.807, 2.05) is 0 Å². The number of amides is 1. The van der Waals surface area contributed by atoms with Crippen LogP contribution in [0.4, 0.5) is 18.0 Å². The van der Waals surface area contributed by atoms with Gasteiger partial charge < -0.3 is 19.5 Å². The van der Waals surface area contributed by atoms with Gasteiger partial charge in [-0.2, -0.15) is 0 Å². The average molecular weight is 468 g/mol. The molecule has 7 nitrogen and oxygen atoms in total. The number of rotatable bonds is 8. The molecule has 0 aliphatic carbocycles. The lowest BCUT2D eigenvalue weighted by Crippen LogP contribution is -2.43. The number of ketones is 1. The zero-order valence-electron chi connectivity index (χ0n) is 19.1. The number of Topliss-reactive ketones (excluding diaryl/α,β-unsaturated/α-hetero) is 1. The first-order valence-corrected chi connectivity index (χ1v) is 10.3.